The number of nitrogens with zero attached hydrogens (tertiary/aromatic N) is 4. The third-order valence-electron chi connectivity index (χ3n) is 5.59. The molecule has 1 aromatic carbocycles. The molecule has 8 nitrogen and oxygen atoms in total. The summed E-state index contributed by atoms with van der Waals surface area (Å²) >= 11 is 1.53. The number of aromatic nitrogens is 3. The molecule has 1 amide bonds. The van der Waals surface area contributed by atoms with Crippen LogP contribution in [0.15, 0.2) is 36.8 Å². The number of anilines is 2. The van der Waals surface area contributed by atoms with Gasteiger partial charge in [-0.25, -0.2) is 9.97 Å². The molecule has 0 radical (unpaired) electrons. The zero-order chi connectivity index (χ0) is 21.2. The lowest BCUT2D eigenvalue weighted by atomic mass is 9.97. The number of carbonyl (C=O) groups is 1. The van der Waals surface area contributed by atoms with Crippen molar-refractivity contribution in [1.29, 1.82) is 0 Å². The number of nitrogens with one attached hydrogen (secondary N) is 1. The lowest BCUT2D eigenvalue weighted by Gasteiger charge is -2.32. The highest BCUT2D eigenvalue weighted by Gasteiger charge is 2.27. The Kier molecular flexibility index (Phi) is 5.42. The van der Waals surface area contributed by atoms with Crippen LogP contribution in [0.1, 0.15) is 29.0 Å². The number of hydrogen-bond donors (Lipinski definition) is 1. The first-order chi connectivity index (χ1) is 15.2. The van der Waals surface area contributed by atoms with Gasteiger partial charge in [0.05, 0.1) is 17.8 Å². The van der Waals surface area contributed by atoms with Crippen LogP contribution in [0.2, 0.25) is 0 Å². The third kappa shape index (κ3) is 4.32. The number of rotatable bonds is 5. The van der Waals surface area contributed by atoms with E-state index in [4.69, 9.17) is 9.47 Å². The second-order valence-corrected chi connectivity index (χ2v) is 8.81. The van der Waals surface area contributed by atoms with Crippen LogP contribution < -0.4 is 19.7 Å². The molecule has 3 aromatic rings. The first kappa shape index (κ1) is 19.7. The van der Waals surface area contributed by atoms with Crippen LogP contribution in [0.3, 0.4) is 0 Å². The Morgan fingerprint density at radius 3 is 3.06 bits per heavy atom. The molecular formula is C22H23N5O3S. The van der Waals surface area contributed by atoms with Crippen LogP contribution in [0.4, 0.5) is 10.9 Å². The minimum atomic E-state index is -0.0997. The molecule has 4 heterocycles. The molecule has 0 spiro atoms. The van der Waals surface area contributed by atoms with E-state index in [-0.39, 0.29) is 18.6 Å². The standard InChI is InChI=1S/C22H23N5O3S/c1-14-19(10-15-4-5-17-18(9-15)30-13-29-17)31-22(25-14)26-21(28)16-3-2-8-27(12-16)20-11-23-6-7-24-20/h4-7,9,11,16H,2-3,8,10,12-13H2,1H3,(H,25,26,28). The number of hydrogen-bond acceptors (Lipinski definition) is 8. The molecule has 1 atom stereocenters. The SMILES string of the molecule is Cc1nc(NC(=O)C2CCCN(c3cnccn3)C2)sc1Cc1ccc2c(c1)OCO2. The normalized spacial score (nSPS) is 17.6. The number of aryl methyl sites for hydroxylation is 1. The van der Waals surface area contributed by atoms with Gasteiger partial charge in [0, 0.05) is 36.8 Å². The van der Waals surface area contributed by atoms with Crippen molar-refractivity contribution < 1.29 is 14.3 Å². The molecule has 2 aliphatic heterocycles. The average Bonchev–Trinajstić information content (AvgIpc) is 3.40. The predicted octanol–water partition coefficient (Wildman–Crippen LogP) is 3.42. The second-order valence-electron chi connectivity index (χ2n) is 7.73. The van der Waals surface area contributed by atoms with Gasteiger partial charge < -0.3 is 19.7 Å². The minimum Gasteiger partial charge on any atom is -0.454 e. The van der Waals surface area contributed by atoms with Gasteiger partial charge in [0.25, 0.3) is 0 Å². The molecule has 1 unspecified atom stereocenters. The summed E-state index contributed by atoms with van der Waals surface area (Å²) in [6.45, 7) is 3.77. The quantitative estimate of drug-likeness (QED) is 0.654. The van der Waals surface area contributed by atoms with Crippen LogP contribution in [0.5, 0.6) is 11.5 Å². The van der Waals surface area contributed by atoms with Gasteiger partial charge in [-0.2, -0.15) is 0 Å². The number of piperidine rings is 1. The summed E-state index contributed by atoms with van der Waals surface area (Å²) in [6.07, 6.45) is 7.62. The highest BCUT2D eigenvalue weighted by atomic mass is 32.1. The monoisotopic (exact) mass is 437 g/mol. The fraction of sp³-hybridized carbons (Fsp3) is 0.364. The van der Waals surface area contributed by atoms with Crippen molar-refractivity contribution in [2.24, 2.45) is 5.92 Å². The number of amides is 1. The average molecular weight is 438 g/mol. The number of ether oxygens (including phenoxy) is 2. The van der Waals surface area contributed by atoms with E-state index in [1.807, 2.05) is 25.1 Å². The van der Waals surface area contributed by atoms with Crippen LogP contribution in [-0.2, 0) is 11.2 Å². The van der Waals surface area contributed by atoms with E-state index in [9.17, 15) is 4.79 Å². The number of benzene rings is 1. The van der Waals surface area contributed by atoms with Gasteiger partial charge >= 0.3 is 0 Å². The molecule has 2 aliphatic rings. The highest BCUT2D eigenvalue weighted by molar-refractivity contribution is 7.15. The van der Waals surface area contributed by atoms with E-state index in [1.54, 1.807) is 18.6 Å². The van der Waals surface area contributed by atoms with Crippen molar-refractivity contribution in [3.63, 3.8) is 0 Å². The second kappa shape index (κ2) is 8.50. The Labute approximate surface area is 184 Å². The maximum atomic E-state index is 12.9. The van der Waals surface area contributed by atoms with Crippen LogP contribution in [-0.4, -0.2) is 40.7 Å². The lowest BCUT2D eigenvalue weighted by Crippen LogP contribution is -2.41. The predicted molar refractivity (Wildman–Crippen MR) is 118 cm³/mol. The summed E-state index contributed by atoms with van der Waals surface area (Å²) in [5.74, 6) is 2.28. The first-order valence-electron chi connectivity index (χ1n) is 10.3. The molecule has 1 fully saturated rings. The number of carbonyl (C=O) groups excluding carboxylic acids is 1. The fourth-order valence-corrected chi connectivity index (χ4v) is 4.94. The van der Waals surface area contributed by atoms with Crippen molar-refractivity contribution in [3.8, 4) is 11.5 Å². The molecule has 0 aliphatic carbocycles. The molecule has 5 rings (SSSR count). The molecule has 1 N–H and O–H groups in total. The van der Waals surface area contributed by atoms with Gasteiger partial charge in [-0.3, -0.25) is 9.78 Å². The van der Waals surface area contributed by atoms with Gasteiger partial charge in [0.2, 0.25) is 12.7 Å². The Morgan fingerprint density at radius 1 is 1.29 bits per heavy atom. The van der Waals surface area contributed by atoms with E-state index in [1.165, 1.54) is 11.3 Å². The van der Waals surface area contributed by atoms with E-state index in [0.717, 1.165) is 59.3 Å². The van der Waals surface area contributed by atoms with Crippen molar-refractivity contribution in [1.82, 2.24) is 15.0 Å². The summed E-state index contributed by atoms with van der Waals surface area (Å²) < 4.78 is 10.8. The highest BCUT2D eigenvalue weighted by Crippen LogP contribution is 2.34. The molecule has 1 saturated heterocycles. The van der Waals surface area contributed by atoms with Gasteiger partial charge in [0.15, 0.2) is 16.6 Å². The maximum absolute atomic E-state index is 12.9. The molecule has 0 bridgehead atoms. The van der Waals surface area contributed by atoms with Crippen molar-refractivity contribution in [3.05, 3.63) is 52.9 Å². The van der Waals surface area contributed by atoms with Crippen molar-refractivity contribution in [2.45, 2.75) is 26.2 Å². The molecule has 160 valence electrons. The largest absolute Gasteiger partial charge is 0.454 e. The summed E-state index contributed by atoms with van der Waals surface area (Å²) in [5.41, 5.74) is 2.06. The summed E-state index contributed by atoms with van der Waals surface area (Å²) in [7, 11) is 0. The van der Waals surface area contributed by atoms with Crippen LogP contribution in [0.25, 0.3) is 0 Å². The molecule has 9 heteroatoms. The molecule has 0 saturated carbocycles. The van der Waals surface area contributed by atoms with E-state index in [0.29, 0.717) is 11.7 Å². The fourth-order valence-electron chi connectivity index (χ4n) is 3.94. The molecular weight excluding hydrogens is 414 g/mol. The van der Waals surface area contributed by atoms with Crippen molar-refractivity contribution >= 4 is 28.2 Å². The van der Waals surface area contributed by atoms with Gasteiger partial charge in [-0.05, 0) is 37.5 Å². The number of thiazole rings is 1. The van der Waals surface area contributed by atoms with Crippen LogP contribution >= 0.6 is 11.3 Å². The zero-order valence-electron chi connectivity index (χ0n) is 17.2. The van der Waals surface area contributed by atoms with E-state index in [2.05, 4.69) is 25.2 Å². The maximum Gasteiger partial charge on any atom is 0.231 e. The van der Waals surface area contributed by atoms with Gasteiger partial charge in [-0.1, -0.05) is 6.07 Å². The van der Waals surface area contributed by atoms with E-state index >= 15 is 0 Å². The Hall–Kier alpha value is -3.20. The minimum absolute atomic E-state index is 0.0111. The summed E-state index contributed by atoms with van der Waals surface area (Å²) in [6, 6.07) is 5.97. The molecule has 31 heavy (non-hydrogen) atoms. The zero-order valence-corrected chi connectivity index (χ0v) is 18.0. The number of fused-ring (bicyclic) bond motifs is 1. The van der Waals surface area contributed by atoms with Gasteiger partial charge in [0.1, 0.15) is 5.82 Å². The van der Waals surface area contributed by atoms with Crippen LogP contribution in [0, 0.1) is 12.8 Å². The van der Waals surface area contributed by atoms with Crippen molar-refractivity contribution in [2.75, 3.05) is 30.1 Å². The lowest BCUT2D eigenvalue weighted by molar-refractivity contribution is -0.120. The Bertz CT molecular complexity index is 1090. The Morgan fingerprint density at radius 2 is 2.19 bits per heavy atom. The topological polar surface area (TPSA) is 89.5 Å². The van der Waals surface area contributed by atoms with E-state index < -0.39 is 0 Å². The van der Waals surface area contributed by atoms with Gasteiger partial charge in [-0.15, -0.1) is 11.3 Å². The summed E-state index contributed by atoms with van der Waals surface area (Å²) in [4.78, 5) is 29.2. The smallest absolute Gasteiger partial charge is 0.231 e. The Balaban J connectivity index is 1.24. The third-order valence-corrected chi connectivity index (χ3v) is 6.66. The molecule has 2 aromatic heterocycles. The first-order valence-corrected chi connectivity index (χ1v) is 11.1. The summed E-state index contributed by atoms with van der Waals surface area (Å²) in [5, 5.41) is 3.68.